The van der Waals surface area contributed by atoms with Crippen molar-refractivity contribution in [1.29, 1.82) is 0 Å². The lowest BCUT2D eigenvalue weighted by Gasteiger charge is -2.13. The number of thioether (sulfide) groups is 1. The second kappa shape index (κ2) is 7.92. The Morgan fingerprint density at radius 1 is 1.30 bits per heavy atom. The predicted molar refractivity (Wildman–Crippen MR) is 89.4 cm³/mol. The molecule has 0 aliphatic heterocycles. The second-order valence-electron chi connectivity index (χ2n) is 5.16. The molecule has 0 aliphatic carbocycles. The standard InChI is InChI=1S/C16H20N4O2S/c1-4-20-10-17-19-16(20)23-9-15(22)14-7-5-13(6-8-14)11(2)18-12(3)21/h5-8,10-11H,4,9H2,1-3H3,(H,18,21)/t11-/m1/s1. The van der Waals surface area contributed by atoms with Gasteiger partial charge in [0.2, 0.25) is 5.91 Å². The fourth-order valence-electron chi connectivity index (χ4n) is 2.13. The Balaban J connectivity index is 1.96. The van der Waals surface area contributed by atoms with Gasteiger partial charge in [-0.1, -0.05) is 36.0 Å². The number of ketones is 1. The molecule has 2 aromatic rings. The molecular formula is C16H20N4O2S. The number of nitrogens with zero attached hydrogens (tertiary/aromatic N) is 3. The van der Waals surface area contributed by atoms with Gasteiger partial charge in [-0.3, -0.25) is 9.59 Å². The molecular weight excluding hydrogens is 312 g/mol. The summed E-state index contributed by atoms with van der Waals surface area (Å²) in [6.45, 7) is 6.18. The molecule has 122 valence electrons. The molecule has 7 heteroatoms. The third kappa shape index (κ3) is 4.66. The van der Waals surface area contributed by atoms with Crippen molar-refractivity contribution < 1.29 is 9.59 Å². The molecule has 0 radical (unpaired) electrons. The zero-order valence-electron chi connectivity index (χ0n) is 13.4. The van der Waals surface area contributed by atoms with Gasteiger partial charge >= 0.3 is 0 Å². The zero-order chi connectivity index (χ0) is 16.8. The maximum absolute atomic E-state index is 12.3. The summed E-state index contributed by atoms with van der Waals surface area (Å²) in [5.41, 5.74) is 1.62. The number of hydrogen-bond donors (Lipinski definition) is 1. The first kappa shape index (κ1) is 17.2. The highest BCUT2D eigenvalue weighted by Crippen LogP contribution is 2.18. The molecule has 1 atom stereocenters. The molecule has 0 spiro atoms. The molecule has 23 heavy (non-hydrogen) atoms. The summed E-state index contributed by atoms with van der Waals surface area (Å²) in [6.07, 6.45) is 1.66. The van der Waals surface area contributed by atoms with Gasteiger partial charge in [0.15, 0.2) is 10.9 Å². The molecule has 1 heterocycles. The van der Waals surface area contributed by atoms with Crippen LogP contribution in [0.2, 0.25) is 0 Å². The van der Waals surface area contributed by atoms with Crippen LogP contribution in [0.25, 0.3) is 0 Å². The number of aryl methyl sites for hydroxylation is 1. The number of carbonyl (C=O) groups is 2. The van der Waals surface area contributed by atoms with Crippen LogP contribution in [0, 0.1) is 0 Å². The van der Waals surface area contributed by atoms with Crippen LogP contribution in [-0.4, -0.2) is 32.2 Å². The van der Waals surface area contributed by atoms with Gasteiger partial charge in [-0.15, -0.1) is 10.2 Å². The molecule has 1 aromatic heterocycles. The molecule has 6 nitrogen and oxygen atoms in total. The van der Waals surface area contributed by atoms with Gasteiger partial charge in [0, 0.05) is 19.0 Å². The largest absolute Gasteiger partial charge is 0.350 e. The number of rotatable bonds is 7. The number of hydrogen-bond acceptors (Lipinski definition) is 5. The van der Waals surface area contributed by atoms with Crippen molar-refractivity contribution in [1.82, 2.24) is 20.1 Å². The Morgan fingerprint density at radius 2 is 2.00 bits per heavy atom. The minimum absolute atomic E-state index is 0.0411. The Labute approximate surface area is 139 Å². The topological polar surface area (TPSA) is 76.9 Å². The second-order valence-corrected chi connectivity index (χ2v) is 6.10. The quantitative estimate of drug-likeness (QED) is 0.622. The predicted octanol–water partition coefficient (Wildman–Crippen LogP) is 2.47. The molecule has 1 N–H and O–H groups in total. The number of nitrogens with one attached hydrogen (secondary N) is 1. The maximum atomic E-state index is 12.3. The summed E-state index contributed by atoms with van der Waals surface area (Å²) in [6, 6.07) is 7.25. The summed E-state index contributed by atoms with van der Waals surface area (Å²) >= 11 is 1.38. The van der Waals surface area contributed by atoms with Crippen LogP contribution in [0.3, 0.4) is 0 Å². The summed E-state index contributed by atoms with van der Waals surface area (Å²) in [5, 5.41) is 11.4. The third-order valence-electron chi connectivity index (χ3n) is 3.41. The fourth-order valence-corrected chi connectivity index (χ4v) is 3.01. The Kier molecular flexibility index (Phi) is 5.92. The zero-order valence-corrected chi connectivity index (χ0v) is 14.3. The van der Waals surface area contributed by atoms with E-state index >= 15 is 0 Å². The molecule has 0 saturated heterocycles. The molecule has 0 aliphatic rings. The van der Waals surface area contributed by atoms with Crippen molar-refractivity contribution in [2.45, 2.75) is 38.5 Å². The van der Waals surface area contributed by atoms with Gasteiger partial charge in [0.25, 0.3) is 0 Å². The van der Waals surface area contributed by atoms with Crippen molar-refractivity contribution in [3.63, 3.8) is 0 Å². The number of benzene rings is 1. The Bertz CT molecular complexity index is 682. The highest BCUT2D eigenvalue weighted by Gasteiger charge is 2.11. The van der Waals surface area contributed by atoms with Crippen molar-refractivity contribution in [2.24, 2.45) is 0 Å². The fraction of sp³-hybridized carbons (Fsp3) is 0.375. The van der Waals surface area contributed by atoms with E-state index in [1.54, 1.807) is 18.5 Å². The van der Waals surface area contributed by atoms with E-state index in [4.69, 9.17) is 0 Å². The van der Waals surface area contributed by atoms with Crippen molar-refractivity contribution in [3.05, 3.63) is 41.7 Å². The van der Waals surface area contributed by atoms with Crippen LogP contribution in [0.5, 0.6) is 0 Å². The summed E-state index contributed by atoms with van der Waals surface area (Å²) < 4.78 is 1.90. The molecule has 1 amide bonds. The van der Waals surface area contributed by atoms with E-state index < -0.39 is 0 Å². The lowest BCUT2D eigenvalue weighted by molar-refractivity contribution is -0.119. The highest BCUT2D eigenvalue weighted by atomic mass is 32.2. The number of amides is 1. The van der Waals surface area contributed by atoms with E-state index in [9.17, 15) is 9.59 Å². The number of Topliss-reactive ketones (excluding diaryl/α,β-unsaturated/α-hetero) is 1. The average molecular weight is 332 g/mol. The van der Waals surface area contributed by atoms with E-state index in [1.807, 2.05) is 30.5 Å². The van der Waals surface area contributed by atoms with Crippen molar-refractivity contribution >= 4 is 23.5 Å². The van der Waals surface area contributed by atoms with E-state index in [1.165, 1.54) is 18.7 Å². The summed E-state index contributed by atoms with van der Waals surface area (Å²) in [5.74, 6) is 0.285. The van der Waals surface area contributed by atoms with Crippen LogP contribution in [0.4, 0.5) is 0 Å². The Hall–Kier alpha value is -2.15. The van der Waals surface area contributed by atoms with Gasteiger partial charge in [-0.05, 0) is 19.4 Å². The first-order chi connectivity index (χ1) is 11.0. The monoisotopic (exact) mass is 332 g/mol. The van der Waals surface area contributed by atoms with Crippen LogP contribution >= 0.6 is 11.8 Å². The van der Waals surface area contributed by atoms with Crippen molar-refractivity contribution in [3.8, 4) is 0 Å². The van der Waals surface area contributed by atoms with Crippen LogP contribution in [-0.2, 0) is 11.3 Å². The molecule has 0 bridgehead atoms. The van der Waals surface area contributed by atoms with Gasteiger partial charge in [-0.2, -0.15) is 0 Å². The normalized spacial score (nSPS) is 12.0. The van der Waals surface area contributed by atoms with Crippen LogP contribution in [0.15, 0.2) is 35.7 Å². The van der Waals surface area contributed by atoms with Gasteiger partial charge in [0.05, 0.1) is 11.8 Å². The van der Waals surface area contributed by atoms with Crippen molar-refractivity contribution in [2.75, 3.05) is 5.75 Å². The Morgan fingerprint density at radius 3 is 2.61 bits per heavy atom. The SMILES string of the molecule is CCn1cnnc1SCC(=O)c1ccc([C@@H](C)NC(C)=O)cc1. The molecule has 1 aromatic carbocycles. The van der Waals surface area contributed by atoms with Crippen LogP contribution in [0.1, 0.15) is 42.7 Å². The average Bonchev–Trinajstić information content (AvgIpc) is 2.99. The van der Waals surface area contributed by atoms with Gasteiger partial charge in [-0.25, -0.2) is 0 Å². The maximum Gasteiger partial charge on any atom is 0.217 e. The van der Waals surface area contributed by atoms with Gasteiger partial charge in [0.1, 0.15) is 6.33 Å². The van der Waals surface area contributed by atoms with E-state index in [0.717, 1.165) is 17.3 Å². The number of aromatic nitrogens is 3. The minimum Gasteiger partial charge on any atom is -0.350 e. The first-order valence-electron chi connectivity index (χ1n) is 7.42. The first-order valence-corrected chi connectivity index (χ1v) is 8.40. The van der Waals surface area contributed by atoms with E-state index in [0.29, 0.717) is 11.3 Å². The lowest BCUT2D eigenvalue weighted by atomic mass is 10.0. The number of carbonyl (C=O) groups excluding carboxylic acids is 2. The van der Waals surface area contributed by atoms with E-state index in [2.05, 4.69) is 15.5 Å². The van der Waals surface area contributed by atoms with Gasteiger partial charge < -0.3 is 9.88 Å². The summed E-state index contributed by atoms with van der Waals surface area (Å²) in [7, 11) is 0. The third-order valence-corrected chi connectivity index (χ3v) is 4.39. The molecule has 0 fully saturated rings. The minimum atomic E-state index is -0.0749. The molecule has 0 unspecified atom stereocenters. The lowest BCUT2D eigenvalue weighted by Crippen LogP contribution is -2.23. The highest BCUT2D eigenvalue weighted by molar-refractivity contribution is 7.99. The van der Waals surface area contributed by atoms with E-state index in [-0.39, 0.29) is 17.7 Å². The molecule has 2 rings (SSSR count). The molecule has 0 saturated carbocycles. The summed E-state index contributed by atoms with van der Waals surface area (Å²) in [4.78, 5) is 23.3. The smallest absolute Gasteiger partial charge is 0.217 e. The van der Waals surface area contributed by atoms with Crippen LogP contribution < -0.4 is 5.32 Å².